The van der Waals surface area contributed by atoms with E-state index in [0.29, 0.717) is 5.92 Å². The van der Waals surface area contributed by atoms with E-state index in [-0.39, 0.29) is 5.82 Å². The minimum Gasteiger partial charge on any atom is -0.302 e. The minimum absolute atomic E-state index is 0.169. The van der Waals surface area contributed by atoms with Crippen molar-refractivity contribution in [3.8, 4) is 0 Å². The number of hydrogen-bond acceptors (Lipinski definition) is 1. The molecule has 1 aromatic rings. The maximum Gasteiger partial charge on any atom is 0.123 e. The van der Waals surface area contributed by atoms with Crippen LogP contribution in [0.4, 0.5) is 4.39 Å². The van der Waals surface area contributed by atoms with Gasteiger partial charge in [0.1, 0.15) is 5.82 Å². The van der Waals surface area contributed by atoms with E-state index in [9.17, 15) is 4.39 Å². The van der Waals surface area contributed by atoms with Gasteiger partial charge in [-0.3, -0.25) is 0 Å². The molecule has 1 atom stereocenters. The van der Waals surface area contributed by atoms with Crippen LogP contribution in [0.3, 0.4) is 0 Å². The molecule has 0 unspecified atom stereocenters. The van der Waals surface area contributed by atoms with Crippen molar-refractivity contribution in [1.29, 1.82) is 0 Å². The van der Waals surface area contributed by atoms with Gasteiger partial charge in [-0.05, 0) is 37.7 Å². The van der Waals surface area contributed by atoms with Gasteiger partial charge in [0.05, 0.1) is 0 Å². The third-order valence-electron chi connectivity index (χ3n) is 3.04. The van der Waals surface area contributed by atoms with Crippen LogP contribution in [0.25, 0.3) is 0 Å². The highest BCUT2D eigenvalue weighted by atomic mass is 19.1. The first-order chi connectivity index (χ1) is 7.16. The van der Waals surface area contributed by atoms with Gasteiger partial charge < -0.3 is 4.90 Å². The van der Waals surface area contributed by atoms with E-state index in [0.717, 1.165) is 19.5 Å². The topological polar surface area (TPSA) is 3.24 Å². The second-order valence-electron chi connectivity index (χ2n) is 4.29. The van der Waals surface area contributed by atoms with Crippen LogP contribution in [0, 0.1) is 5.82 Å². The zero-order valence-electron chi connectivity index (χ0n) is 9.04. The van der Waals surface area contributed by atoms with Gasteiger partial charge in [0.25, 0.3) is 0 Å². The Morgan fingerprint density at radius 2 is 2.00 bits per heavy atom. The number of likely N-dealkylation sites (tertiary alicyclic amines) is 1. The lowest BCUT2D eigenvalue weighted by Crippen LogP contribution is -2.31. The van der Waals surface area contributed by atoms with Gasteiger partial charge in [0.2, 0.25) is 0 Å². The van der Waals surface area contributed by atoms with Crippen molar-refractivity contribution in [1.82, 2.24) is 4.90 Å². The fraction of sp³-hybridized carbons (Fsp3) is 0.385. The number of halogens is 1. The maximum absolute atomic E-state index is 12.8. The van der Waals surface area contributed by atoms with Crippen molar-refractivity contribution in [2.45, 2.75) is 12.3 Å². The van der Waals surface area contributed by atoms with Gasteiger partial charge in [0, 0.05) is 12.5 Å². The van der Waals surface area contributed by atoms with E-state index in [1.807, 2.05) is 12.1 Å². The second-order valence-corrected chi connectivity index (χ2v) is 4.29. The maximum atomic E-state index is 12.8. The summed E-state index contributed by atoms with van der Waals surface area (Å²) in [6, 6.07) is 6.80. The summed E-state index contributed by atoms with van der Waals surface area (Å²) in [5.74, 6) is 0.235. The summed E-state index contributed by atoms with van der Waals surface area (Å²) in [5.41, 5.74) is 2.42. The van der Waals surface area contributed by atoms with E-state index in [2.05, 4.69) is 18.5 Å². The van der Waals surface area contributed by atoms with Crippen LogP contribution in [-0.2, 0) is 0 Å². The molecule has 0 saturated carbocycles. The highest BCUT2D eigenvalue weighted by Crippen LogP contribution is 2.30. The summed E-state index contributed by atoms with van der Waals surface area (Å²) >= 11 is 0. The van der Waals surface area contributed by atoms with E-state index < -0.39 is 0 Å². The zero-order valence-corrected chi connectivity index (χ0v) is 9.04. The number of hydrogen-bond donors (Lipinski definition) is 0. The lowest BCUT2D eigenvalue weighted by atomic mass is 9.86. The molecule has 2 heteroatoms. The number of piperidine rings is 1. The summed E-state index contributed by atoms with van der Waals surface area (Å²) in [6.45, 7) is 6.14. The van der Waals surface area contributed by atoms with Crippen molar-refractivity contribution < 1.29 is 4.39 Å². The third-order valence-corrected chi connectivity index (χ3v) is 3.04. The second kappa shape index (κ2) is 4.15. The SMILES string of the molecule is C=C1CN(C)CC[C@H]1c1ccc(F)cc1. The molecule has 80 valence electrons. The quantitative estimate of drug-likeness (QED) is 0.637. The van der Waals surface area contributed by atoms with Gasteiger partial charge in [-0.15, -0.1) is 0 Å². The number of likely N-dealkylation sites (N-methyl/N-ethyl adjacent to an activating group) is 1. The van der Waals surface area contributed by atoms with Crippen LogP contribution in [0.1, 0.15) is 17.9 Å². The standard InChI is InChI=1S/C13H16FN/c1-10-9-15(2)8-7-13(10)11-3-5-12(14)6-4-11/h3-6,13H,1,7-9H2,2H3/t13-/m1/s1. The molecule has 0 aromatic heterocycles. The smallest absolute Gasteiger partial charge is 0.123 e. The monoisotopic (exact) mass is 205 g/mol. The summed E-state index contributed by atoms with van der Waals surface area (Å²) in [6.07, 6.45) is 1.08. The molecule has 1 heterocycles. The fourth-order valence-electron chi connectivity index (χ4n) is 2.19. The fourth-order valence-corrected chi connectivity index (χ4v) is 2.19. The van der Waals surface area contributed by atoms with Crippen molar-refractivity contribution >= 4 is 0 Å². The van der Waals surface area contributed by atoms with Crippen LogP contribution in [-0.4, -0.2) is 25.0 Å². The Morgan fingerprint density at radius 1 is 1.33 bits per heavy atom. The van der Waals surface area contributed by atoms with Gasteiger partial charge in [0.15, 0.2) is 0 Å². The normalized spacial score (nSPS) is 23.1. The van der Waals surface area contributed by atoms with Gasteiger partial charge in [-0.25, -0.2) is 4.39 Å². The van der Waals surface area contributed by atoms with Gasteiger partial charge in [-0.1, -0.05) is 24.3 Å². The van der Waals surface area contributed by atoms with Crippen LogP contribution >= 0.6 is 0 Å². The van der Waals surface area contributed by atoms with Crippen molar-refractivity contribution in [2.24, 2.45) is 0 Å². The third kappa shape index (κ3) is 2.26. The average Bonchev–Trinajstić information content (AvgIpc) is 2.20. The molecule has 0 bridgehead atoms. The Hall–Kier alpha value is -1.15. The molecule has 1 fully saturated rings. The van der Waals surface area contributed by atoms with Crippen LogP contribution < -0.4 is 0 Å². The van der Waals surface area contributed by atoms with E-state index >= 15 is 0 Å². The summed E-state index contributed by atoms with van der Waals surface area (Å²) in [7, 11) is 2.10. The first kappa shape index (κ1) is 10.4. The Morgan fingerprint density at radius 3 is 2.60 bits per heavy atom. The Bertz CT molecular complexity index is 355. The predicted octanol–water partition coefficient (Wildman–Crippen LogP) is 2.80. The summed E-state index contributed by atoms with van der Waals surface area (Å²) in [4.78, 5) is 2.27. The molecule has 15 heavy (non-hydrogen) atoms. The first-order valence-corrected chi connectivity index (χ1v) is 5.28. The minimum atomic E-state index is -0.169. The molecule has 1 aliphatic heterocycles. The van der Waals surface area contributed by atoms with E-state index in [1.165, 1.54) is 23.3 Å². The Kier molecular flexibility index (Phi) is 2.87. The first-order valence-electron chi connectivity index (χ1n) is 5.28. The van der Waals surface area contributed by atoms with Gasteiger partial charge in [-0.2, -0.15) is 0 Å². The molecule has 0 radical (unpaired) electrons. The lowest BCUT2D eigenvalue weighted by molar-refractivity contribution is 0.307. The van der Waals surface area contributed by atoms with Crippen molar-refractivity contribution in [3.05, 3.63) is 47.8 Å². The highest BCUT2D eigenvalue weighted by molar-refractivity contribution is 5.29. The van der Waals surface area contributed by atoms with Gasteiger partial charge >= 0.3 is 0 Å². The number of nitrogens with zero attached hydrogens (tertiary/aromatic N) is 1. The molecular weight excluding hydrogens is 189 g/mol. The molecule has 0 N–H and O–H groups in total. The number of rotatable bonds is 1. The predicted molar refractivity (Wildman–Crippen MR) is 60.4 cm³/mol. The van der Waals surface area contributed by atoms with Crippen LogP contribution in [0.5, 0.6) is 0 Å². The summed E-state index contributed by atoms with van der Waals surface area (Å²) < 4.78 is 12.8. The molecule has 0 spiro atoms. The largest absolute Gasteiger partial charge is 0.302 e. The molecular formula is C13H16FN. The molecule has 1 nitrogen and oxygen atoms in total. The number of benzene rings is 1. The van der Waals surface area contributed by atoms with Crippen LogP contribution in [0.15, 0.2) is 36.4 Å². The average molecular weight is 205 g/mol. The van der Waals surface area contributed by atoms with Crippen LogP contribution in [0.2, 0.25) is 0 Å². The lowest BCUT2D eigenvalue weighted by Gasteiger charge is -2.31. The van der Waals surface area contributed by atoms with E-state index in [1.54, 1.807) is 0 Å². The van der Waals surface area contributed by atoms with Crippen molar-refractivity contribution in [3.63, 3.8) is 0 Å². The molecule has 1 aromatic carbocycles. The molecule has 0 amide bonds. The summed E-state index contributed by atoms with van der Waals surface area (Å²) in [5, 5.41) is 0. The molecule has 1 aliphatic rings. The zero-order chi connectivity index (χ0) is 10.8. The Balaban J connectivity index is 2.17. The van der Waals surface area contributed by atoms with Crippen molar-refractivity contribution in [2.75, 3.05) is 20.1 Å². The highest BCUT2D eigenvalue weighted by Gasteiger charge is 2.21. The molecule has 1 saturated heterocycles. The Labute approximate surface area is 90.2 Å². The van der Waals surface area contributed by atoms with E-state index in [4.69, 9.17) is 0 Å². The molecule has 0 aliphatic carbocycles. The molecule has 2 rings (SSSR count).